The Morgan fingerprint density at radius 2 is 2.29 bits per heavy atom. The van der Waals surface area contributed by atoms with Gasteiger partial charge in [0.1, 0.15) is 11.3 Å². The van der Waals surface area contributed by atoms with Crippen LogP contribution in [0.4, 0.5) is 11.4 Å². The van der Waals surface area contributed by atoms with Gasteiger partial charge in [-0.3, -0.25) is 20.8 Å². The first-order valence-corrected chi connectivity index (χ1v) is 6.61. The number of nitrogens with one attached hydrogen (secondary N) is 1. The van der Waals surface area contributed by atoms with E-state index in [-0.39, 0.29) is 23.5 Å². The third-order valence-electron chi connectivity index (χ3n) is 3.57. The van der Waals surface area contributed by atoms with Crippen LogP contribution < -0.4 is 11.3 Å². The van der Waals surface area contributed by atoms with E-state index in [4.69, 9.17) is 5.84 Å². The lowest BCUT2D eigenvalue weighted by Gasteiger charge is -2.36. The van der Waals surface area contributed by atoms with Crippen LogP contribution in [0.15, 0.2) is 18.2 Å². The number of piperidine rings is 1. The van der Waals surface area contributed by atoms with Gasteiger partial charge in [-0.1, -0.05) is 6.07 Å². The minimum atomic E-state index is -0.966. The first-order valence-electron chi connectivity index (χ1n) is 6.61. The smallest absolute Gasteiger partial charge is 0.306 e. The van der Waals surface area contributed by atoms with Crippen LogP contribution in [-0.4, -0.2) is 39.5 Å². The van der Waals surface area contributed by atoms with Crippen LogP contribution in [0.5, 0.6) is 0 Å². The summed E-state index contributed by atoms with van der Waals surface area (Å²) < 4.78 is 0. The van der Waals surface area contributed by atoms with Crippen molar-refractivity contribution in [1.82, 2.24) is 4.90 Å². The van der Waals surface area contributed by atoms with Crippen LogP contribution in [0, 0.1) is 10.1 Å². The van der Waals surface area contributed by atoms with Crippen LogP contribution in [0.1, 0.15) is 30.1 Å². The van der Waals surface area contributed by atoms with Gasteiger partial charge in [0.15, 0.2) is 0 Å². The van der Waals surface area contributed by atoms with Crippen LogP contribution in [0.25, 0.3) is 0 Å². The third kappa shape index (κ3) is 3.11. The molecule has 1 amide bonds. The number of rotatable bonds is 3. The molecule has 114 valence electrons. The normalized spacial score (nSPS) is 22.0. The third-order valence-corrected chi connectivity index (χ3v) is 3.57. The molecule has 0 saturated carbocycles. The van der Waals surface area contributed by atoms with Crippen LogP contribution in [0.3, 0.4) is 0 Å². The van der Waals surface area contributed by atoms with Crippen molar-refractivity contribution in [3.05, 3.63) is 33.9 Å². The average molecular weight is 294 g/mol. The van der Waals surface area contributed by atoms with Gasteiger partial charge in [-0.2, -0.15) is 0 Å². The number of hydrazine groups is 1. The highest BCUT2D eigenvalue weighted by atomic mass is 16.6. The van der Waals surface area contributed by atoms with Gasteiger partial charge in [-0.25, -0.2) is 0 Å². The monoisotopic (exact) mass is 294 g/mol. The molecule has 1 aromatic rings. The lowest BCUT2D eigenvalue weighted by Crippen LogP contribution is -2.48. The molecule has 1 aliphatic rings. The van der Waals surface area contributed by atoms with E-state index >= 15 is 0 Å². The summed E-state index contributed by atoms with van der Waals surface area (Å²) in [6, 6.07) is 4.35. The molecular weight excluding hydrogens is 276 g/mol. The van der Waals surface area contributed by atoms with Crippen molar-refractivity contribution in [1.29, 1.82) is 0 Å². The summed E-state index contributed by atoms with van der Waals surface area (Å²) >= 11 is 0. The Morgan fingerprint density at radius 1 is 1.57 bits per heavy atom. The van der Waals surface area contributed by atoms with E-state index in [0.717, 1.165) is 0 Å². The van der Waals surface area contributed by atoms with Crippen molar-refractivity contribution in [2.24, 2.45) is 5.84 Å². The predicted octanol–water partition coefficient (Wildman–Crippen LogP) is 0.867. The Bertz CT molecular complexity index is 573. The fourth-order valence-electron chi connectivity index (χ4n) is 2.59. The molecule has 0 aliphatic carbocycles. The topological polar surface area (TPSA) is 122 Å². The number of hydrogen-bond acceptors (Lipinski definition) is 6. The van der Waals surface area contributed by atoms with E-state index in [1.807, 2.05) is 0 Å². The highest BCUT2D eigenvalue weighted by Crippen LogP contribution is 2.30. The summed E-state index contributed by atoms with van der Waals surface area (Å²) in [6.07, 6.45) is 1.25. The molecular formula is C13H18N4O4. The lowest BCUT2D eigenvalue weighted by molar-refractivity contribution is -0.384. The number of nitrogen functional groups attached to an aromatic ring is 1. The number of nitrogens with zero attached hydrogens (tertiary/aromatic N) is 2. The molecule has 0 bridgehead atoms. The van der Waals surface area contributed by atoms with E-state index < -0.39 is 16.4 Å². The number of carbonyl (C=O) groups is 1. The molecule has 1 aromatic carbocycles. The Labute approximate surface area is 121 Å². The summed E-state index contributed by atoms with van der Waals surface area (Å²) in [5, 5.41) is 21.3. The highest BCUT2D eigenvalue weighted by Gasteiger charge is 2.34. The van der Waals surface area contributed by atoms with Crippen molar-refractivity contribution in [2.45, 2.75) is 25.4 Å². The van der Waals surface area contributed by atoms with E-state index in [9.17, 15) is 20.0 Å². The number of benzene rings is 1. The van der Waals surface area contributed by atoms with Gasteiger partial charge in [-0.15, -0.1) is 0 Å². The van der Waals surface area contributed by atoms with E-state index in [2.05, 4.69) is 5.43 Å². The first-order chi connectivity index (χ1) is 9.85. The summed E-state index contributed by atoms with van der Waals surface area (Å²) in [6.45, 7) is 2.27. The second kappa shape index (κ2) is 5.66. The minimum Gasteiger partial charge on any atom is -0.388 e. The second-order valence-electron chi connectivity index (χ2n) is 5.43. The molecule has 21 heavy (non-hydrogen) atoms. The van der Waals surface area contributed by atoms with Crippen molar-refractivity contribution >= 4 is 17.3 Å². The van der Waals surface area contributed by atoms with Crippen LogP contribution in [0.2, 0.25) is 0 Å². The van der Waals surface area contributed by atoms with Gasteiger partial charge < -0.3 is 15.4 Å². The molecule has 0 aromatic heterocycles. The zero-order valence-corrected chi connectivity index (χ0v) is 11.7. The molecule has 8 nitrogen and oxygen atoms in total. The van der Waals surface area contributed by atoms with Crippen LogP contribution in [-0.2, 0) is 0 Å². The number of aliphatic hydroxyl groups is 1. The highest BCUT2D eigenvalue weighted by molar-refractivity contribution is 6.00. The molecule has 1 aliphatic heterocycles. The molecule has 1 atom stereocenters. The second-order valence-corrected chi connectivity index (χ2v) is 5.43. The number of amides is 1. The molecule has 1 fully saturated rings. The van der Waals surface area contributed by atoms with Gasteiger partial charge in [0.05, 0.1) is 10.5 Å². The zero-order valence-electron chi connectivity index (χ0n) is 11.7. The minimum absolute atomic E-state index is 0.0341. The number of nitrogens with two attached hydrogens (primary N) is 1. The number of likely N-dealkylation sites (tertiary alicyclic amines) is 1. The van der Waals surface area contributed by atoms with Gasteiger partial charge >= 0.3 is 5.69 Å². The fourth-order valence-corrected chi connectivity index (χ4v) is 2.59. The van der Waals surface area contributed by atoms with Crippen LogP contribution >= 0.6 is 0 Å². The zero-order chi connectivity index (χ0) is 15.6. The van der Waals surface area contributed by atoms with E-state index in [1.165, 1.54) is 23.1 Å². The maximum Gasteiger partial charge on any atom is 0.306 e. The van der Waals surface area contributed by atoms with Crippen molar-refractivity contribution < 1.29 is 14.8 Å². The fraction of sp³-hybridized carbons (Fsp3) is 0.462. The van der Waals surface area contributed by atoms with Gasteiger partial charge in [0.2, 0.25) is 0 Å². The van der Waals surface area contributed by atoms with E-state index in [0.29, 0.717) is 19.4 Å². The summed E-state index contributed by atoms with van der Waals surface area (Å²) in [5.74, 6) is 4.79. The number of para-hydroxylation sites is 1. The Balaban J connectivity index is 2.37. The molecule has 1 unspecified atom stereocenters. The molecule has 0 spiro atoms. The van der Waals surface area contributed by atoms with Gasteiger partial charge in [0.25, 0.3) is 5.91 Å². The maximum atomic E-state index is 12.5. The number of nitro benzene ring substituents is 1. The number of anilines is 1. The standard InChI is InChI=1S/C13H18N4O4/c1-13(19)6-3-7-16(8-13)12(18)9-4-2-5-10(15-14)11(9)17(20)21/h2,4-5,15,19H,3,6-8,14H2,1H3. The Kier molecular flexibility index (Phi) is 4.10. The summed E-state index contributed by atoms with van der Waals surface area (Å²) in [7, 11) is 0. The quantitative estimate of drug-likeness (QED) is 0.432. The van der Waals surface area contributed by atoms with Crippen molar-refractivity contribution in [3.63, 3.8) is 0 Å². The molecule has 4 N–H and O–H groups in total. The molecule has 2 rings (SSSR count). The first kappa shape index (κ1) is 15.2. The predicted molar refractivity (Wildman–Crippen MR) is 76.7 cm³/mol. The van der Waals surface area contributed by atoms with Gasteiger partial charge in [-0.05, 0) is 31.9 Å². The maximum absolute atomic E-state index is 12.5. The summed E-state index contributed by atoms with van der Waals surface area (Å²) in [5.41, 5.74) is 0.956. The van der Waals surface area contributed by atoms with Crippen molar-refractivity contribution in [2.75, 3.05) is 18.5 Å². The van der Waals surface area contributed by atoms with Gasteiger partial charge in [0, 0.05) is 13.1 Å². The summed E-state index contributed by atoms with van der Waals surface area (Å²) in [4.78, 5) is 24.5. The molecule has 0 radical (unpaired) electrons. The average Bonchev–Trinajstić information content (AvgIpc) is 2.44. The largest absolute Gasteiger partial charge is 0.388 e. The van der Waals surface area contributed by atoms with Crippen molar-refractivity contribution in [3.8, 4) is 0 Å². The molecule has 8 heteroatoms. The lowest BCUT2D eigenvalue weighted by atomic mass is 9.94. The SMILES string of the molecule is CC1(O)CCCN(C(=O)c2cccc(NN)c2[N+](=O)[O-])C1. The van der Waals surface area contributed by atoms with E-state index in [1.54, 1.807) is 6.92 Å². The molecule has 1 saturated heterocycles. The number of carbonyl (C=O) groups excluding carboxylic acids is 1. The number of hydrogen-bond donors (Lipinski definition) is 3. The Hall–Kier alpha value is -2.19. The molecule has 1 heterocycles. The number of nitro groups is 1. The number of β-amino-alcohol motifs (C(OH)–C–C–N with tert-alkyl or cyclic N) is 1. The Morgan fingerprint density at radius 3 is 2.86 bits per heavy atom.